The van der Waals surface area contributed by atoms with Crippen LogP contribution in [0.4, 0.5) is 0 Å². The zero-order valence-electron chi connectivity index (χ0n) is 16.3. The highest BCUT2D eigenvalue weighted by atomic mass is 16.5. The zero-order chi connectivity index (χ0) is 18.6. The van der Waals surface area contributed by atoms with Gasteiger partial charge in [-0.25, -0.2) is 0 Å². The number of benzene rings is 2. The summed E-state index contributed by atoms with van der Waals surface area (Å²) in [6, 6.07) is 17.6. The molecule has 142 valence electrons. The van der Waals surface area contributed by atoms with E-state index in [0.717, 1.165) is 25.4 Å². The number of rotatable bonds is 6. The molecule has 3 aromatic rings. The van der Waals surface area contributed by atoms with Crippen LogP contribution in [0, 0.1) is 0 Å². The van der Waals surface area contributed by atoms with Crippen LogP contribution in [0.1, 0.15) is 24.0 Å². The van der Waals surface area contributed by atoms with Crippen molar-refractivity contribution in [3.63, 3.8) is 0 Å². The highest BCUT2D eigenvalue weighted by Gasteiger charge is 2.20. The summed E-state index contributed by atoms with van der Waals surface area (Å²) in [5.41, 5.74) is 4.01. The molecule has 0 amide bonds. The lowest BCUT2D eigenvalue weighted by atomic mass is 10.0. The highest BCUT2D eigenvalue weighted by Crippen LogP contribution is 2.21. The van der Waals surface area contributed by atoms with Crippen LogP contribution in [0.3, 0.4) is 0 Å². The predicted octanol–water partition coefficient (Wildman–Crippen LogP) is 3.94. The van der Waals surface area contributed by atoms with Crippen LogP contribution in [0.25, 0.3) is 10.9 Å². The van der Waals surface area contributed by atoms with Crippen LogP contribution in [0.5, 0.6) is 5.75 Å². The van der Waals surface area contributed by atoms with Gasteiger partial charge in [-0.15, -0.1) is 0 Å². The molecular formula is C23H29N3O. The number of likely N-dealkylation sites (tertiary alicyclic amines) is 1. The van der Waals surface area contributed by atoms with Crippen molar-refractivity contribution in [3.05, 3.63) is 65.9 Å². The van der Waals surface area contributed by atoms with Gasteiger partial charge in [0.15, 0.2) is 0 Å². The molecule has 4 nitrogen and oxygen atoms in total. The third-order valence-corrected chi connectivity index (χ3v) is 5.61. The number of piperidine rings is 1. The van der Waals surface area contributed by atoms with Gasteiger partial charge in [-0.05, 0) is 48.7 Å². The van der Waals surface area contributed by atoms with Gasteiger partial charge in [-0.3, -0.25) is 4.90 Å². The van der Waals surface area contributed by atoms with Gasteiger partial charge in [0.05, 0.1) is 7.11 Å². The predicted molar refractivity (Wildman–Crippen MR) is 111 cm³/mol. The Labute approximate surface area is 161 Å². The van der Waals surface area contributed by atoms with Crippen molar-refractivity contribution < 1.29 is 4.74 Å². The highest BCUT2D eigenvalue weighted by molar-refractivity contribution is 5.83. The first-order chi connectivity index (χ1) is 13.2. The quantitative estimate of drug-likeness (QED) is 0.719. The fourth-order valence-corrected chi connectivity index (χ4v) is 4.22. The maximum Gasteiger partial charge on any atom is 0.119 e. The molecule has 0 radical (unpaired) electrons. The van der Waals surface area contributed by atoms with Crippen molar-refractivity contribution in [2.24, 2.45) is 7.05 Å². The van der Waals surface area contributed by atoms with Crippen molar-refractivity contribution in [2.75, 3.05) is 20.2 Å². The molecule has 1 aromatic heterocycles. The molecule has 1 saturated heterocycles. The van der Waals surface area contributed by atoms with Gasteiger partial charge < -0.3 is 14.6 Å². The van der Waals surface area contributed by atoms with Crippen molar-refractivity contribution in [1.29, 1.82) is 0 Å². The van der Waals surface area contributed by atoms with Gasteiger partial charge >= 0.3 is 0 Å². The average molecular weight is 364 g/mol. The first-order valence-electron chi connectivity index (χ1n) is 9.84. The largest absolute Gasteiger partial charge is 0.497 e. The minimum atomic E-state index is 0.545. The molecule has 4 heteroatoms. The molecule has 1 N–H and O–H groups in total. The Bertz CT molecular complexity index is 902. The van der Waals surface area contributed by atoms with E-state index in [2.05, 4.69) is 70.5 Å². The van der Waals surface area contributed by atoms with Crippen LogP contribution in [-0.4, -0.2) is 35.7 Å². The first-order valence-corrected chi connectivity index (χ1v) is 9.84. The first kappa shape index (κ1) is 18.1. The number of hydrogen-bond donors (Lipinski definition) is 1. The van der Waals surface area contributed by atoms with E-state index in [0.29, 0.717) is 6.04 Å². The summed E-state index contributed by atoms with van der Waals surface area (Å²) in [5.74, 6) is 0.940. The number of para-hydroxylation sites is 1. The Hall–Kier alpha value is -2.30. The monoisotopic (exact) mass is 363 g/mol. The molecule has 0 bridgehead atoms. The molecule has 2 heterocycles. The van der Waals surface area contributed by atoms with E-state index in [1.54, 1.807) is 7.11 Å². The van der Waals surface area contributed by atoms with E-state index in [9.17, 15) is 0 Å². The second-order valence-corrected chi connectivity index (χ2v) is 7.59. The minimum absolute atomic E-state index is 0.545. The molecular weight excluding hydrogens is 334 g/mol. The van der Waals surface area contributed by atoms with Crippen molar-refractivity contribution in [2.45, 2.75) is 32.0 Å². The number of methoxy groups -OCH3 is 1. The van der Waals surface area contributed by atoms with E-state index in [1.165, 1.54) is 41.4 Å². The lowest BCUT2D eigenvalue weighted by Crippen LogP contribution is -2.45. The molecule has 0 spiro atoms. The van der Waals surface area contributed by atoms with Crippen LogP contribution >= 0.6 is 0 Å². The summed E-state index contributed by atoms with van der Waals surface area (Å²) in [7, 11) is 3.86. The molecule has 0 saturated carbocycles. The minimum Gasteiger partial charge on any atom is -0.497 e. The van der Waals surface area contributed by atoms with Gasteiger partial charge in [0.25, 0.3) is 0 Å². The molecule has 1 aliphatic heterocycles. The Morgan fingerprint density at radius 1 is 1.15 bits per heavy atom. The summed E-state index contributed by atoms with van der Waals surface area (Å²) in [6.07, 6.45) is 4.76. The molecule has 4 rings (SSSR count). The van der Waals surface area contributed by atoms with E-state index in [-0.39, 0.29) is 0 Å². The lowest BCUT2D eigenvalue weighted by Gasteiger charge is -2.33. The fourth-order valence-electron chi connectivity index (χ4n) is 4.22. The third kappa shape index (κ3) is 4.18. The van der Waals surface area contributed by atoms with Crippen molar-refractivity contribution in [3.8, 4) is 5.75 Å². The molecule has 0 aliphatic carbocycles. The number of nitrogens with zero attached hydrogens (tertiary/aromatic N) is 2. The third-order valence-electron chi connectivity index (χ3n) is 5.61. The summed E-state index contributed by atoms with van der Waals surface area (Å²) in [6.45, 7) is 4.19. The van der Waals surface area contributed by atoms with Gasteiger partial charge in [0.1, 0.15) is 5.75 Å². The van der Waals surface area contributed by atoms with Gasteiger partial charge in [0.2, 0.25) is 0 Å². The fraction of sp³-hybridized carbons (Fsp3) is 0.391. The molecule has 1 aliphatic rings. The van der Waals surface area contributed by atoms with E-state index >= 15 is 0 Å². The van der Waals surface area contributed by atoms with Gasteiger partial charge in [-0.1, -0.05) is 30.3 Å². The van der Waals surface area contributed by atoms with Crippen LogP contribution in [0.15, 0.2) is 54.7 Å². The van der Waals surface area contributed by atoms with E-state index in [1.807, 2.05) is 6.07 Å². The SMILES string of the molecule is COc1cccc(CN2CCCC(NCc3cn(C)c4ccccc34)C2)c1. The van der Waals surface area contributed by atoms with Crippen LogP contribution in [0.2, 0.25) is 0 Å². The van der Waals surface area contributed by atoms with Gasteiger partial charge in [-0.2, -0.15) is 0 Å². The number of ether oxygens (including phenoxy) is 1. The smallest absolute Gasteiger partial charge is 0.119 e. The maximum absolute atomic E-state index is 5.36. The normalized spacial score (nSPS) is 18.1. The molecule has 1 unspecified atom stereocenters. The number of aromatic nitrogens is 1. The van der Waals surface area contributed by atoms with E-state index in [4.69, 9.17) is 4.74 Å². The van der Waals surface area contributed by atoms with E-state index < -0.39 is 0 Å². The maximum atomic E-state index is 5.36. The molecule has 1 atom stereocenters. The lowest BCUT2D eigenvalue weighted by molar-refractivity contribution is 0.182. The number of fused-ring (bicyclic) bond motifs is 1. The summed E-state index contributed by atoms with van der Waals surface area (Å²) < 4.78 is 7.58. The van der Waals surface area contributed by atoms with Crippen LogP contribution in [-0.2, 0) is 20.1 Å². The Morgan fingerprint density at radius 3 is 2.93 bits per heavy atom. The second-order valence-electron chi connectivity index (χ2n) is 7.59. The van der Waals surface area contributed by atoms with Crippen molar-refractivity contribution in [1.82, 2.24) is 14.8 Å². The Kier molecular flexibility index (Phi) is 5.46. The molecule has 1 fully saturated rings. The van der Waals surface area contributed by atoms with Crippen molar-refractivity contribution >= 4 is 10.9 Å². The number of hydrogen-bond acceptors (Lipinski definition) is 3. The standard InChI is InChI=1S/C23H29N3O/c1-25-16-19(22-10-3-4-11-23(22)25)14-24-20-8-6-12-26(17-20)15-18-7-5-9-21(13-18)27-2/h3-5,7,9-11,13,16,20,24H,6,8,12,14-15,17H2,1-2H3. The molecule has 27 heavy (non-hydrogen) atoms. The topological polar surface area (TPSA) is 29.4 Å². The summed E-state index contributed by atoms with van der Waals surface area (Å²) in [5, 5.41) is 5.16. The van der Waals surface area contributed by atoms with Crippen LogP contribution < -0.4 is 10.1 Å². The number of aryl methyl sites for hydroxylation is 1. The molecule has 2 aromatic carbocycles. The average Bonchev–Trinajstić information content (AvgIpc) is 3.03. The summed E-state index contributed by atoms with van der Waals surface area (Å²) >= 11 is 0. The Balaban J connectivity index is 1.37. The van der Waals surface area contributed by atoms with Gasteiger partial charge in [0, 0.05) is 49.8 Å². The Morgan fingerprint density at radius 2 is 2.04 bits per heavy atom. The summed E-state index contributed by atoms with van der Waals surface area (Å²) in [4.78, 5) is 2.55. The zero-order valence-corrected chi connectivity index (χ0v) is 16.3. The number of nitrogens with one attached hydrogen (secondary N) is 1. The second kappa shape index (κ2) is 8.15.